The Labute approximate surface area is 39.6 Å². The predicted molar refractivity (Wildman–Crippen MR) is 20.5 cm³/mol. The van der Waals surface area contributed by atoms with Crippen LogP contribution in [0.5, 0.6) is 0 Å². The molecule has 0 saturated carbocycles. The van der Waals surface area contributed by atoms with Gasteiger partial charge >= 0.3 is 6.61 Å². The number of hydrogen-bond donors (Lipinski definition) is 1. The first-order valence-electron chi connectivity index (χ1n) is 1.63. The Morgan fingerprint density at radius 3 is 2.14 bits per heavy atom. The number of alkyl halides is 2. The SMILES string of the molecule is CC(=N)OC(F)F. The second-order valence-corrected chi connectivity index (χ2v) is 0.935. The minimum atomic E-state index is -2.85. The van der Waals surface area contributed by atoms with Crippen LogP contribution >= 0.6 is 0 Å². The monoisotopic (exact) mass is 109 g/mol. The van der Waals surface area contributed by atoms with E-state index in [0.29, 0.717) is 0 Å². The number of nitrogens with one attached hydrogen (secondary N) is 1. The van der Waals surface area contributed by atoms with Crippen molar-refractivity contribution in [3.63, 3.8) is 0 Å². The minimum Gasteiger partial charge on any atom is -0.422 e. The summed E-state index contributed by atoms with van der Waals surface area (Å²) in [5.41, 5.74) is 0. The minimum absolute atomic E-state index is 0.463. The molecule has 0 aliphatic heterocycles. The molecule has 0 aromatic carbocycles. The van der Waals surface area contributed by atoms with Crippen molar-refractivity contribution in [1.82, 2.24) is 0 Å². The van der Waals surface area contributed by atoms with E-state index in [4.69, 9.17) is 5.41 Å². The highest BCUT2D eigenvalue weighted by molar-refractivity contribution is 5.69. The molecule has 0 bridgehead atoms. The molecule has 0 radical (unpaired) electrons. The summed E-state index contributed by atoms with van der Waals surface area (Å²) in [6.45, 7) is -1.70. The van der Waals surface area contributed by atoms with Crippen molar-refractivity contribution in [2.24, 2.45) is 0 Å². The van der Waals surface area contributed by atoms with Crippen LogP contribution in [-0.2, 0) is 4.74 Å². The largest absolute Gasteiger partial charge is 0.422 e. The molecule has 0 aliphatic carbocycles. The maximum atomic E-state index is 10.9. The third-order valence-electron chi connectivity index (χ3n) is 0.266. The summed E-state index contributed by atoms with van der Waals surface area (Å²) in [5.74, 6) is -0.463. The maximum Gasteiger partial charge on any atom is 0.388 e. The van der Waals surface area contributed by atoms with Gasteiger partial charge < -0.3 is 4.74 Å². The second kappa shape index (κ2) is 2.49. The Kier molecular flexibility index (Phi) is 2.26. The lowest BCUT2D eigenvalue weighted by Crippen LogP contribution is -2.02. The van der Waals surface area contributed by atoms with Crippen molar-refractivity contribution in [1.29, 1.82) is 5.41 Å². The molecule has 0 spiro atoms. The van der Waals surface area contributed by atoms with E-state index in [1.54, 1.807) is 0 Å². The highest BCUT2D eigenvalue weighted by Gasteiger charge is 1.99. The van der Waals surface area contributed by atoms with E-state index >= 15 is 0 Å². The van der Waals surface area contributed by atoms with Crippen LogP contribution in [0.4, 0.5) is 8.78 Å². The van der Waals surface area contributed by atoms with E-state index in [1.165, 1.54) is 0 Å². The molecule has 0 aliphatic rings. The third-order valence-corrected chi connectivity index (χ3v) is 0.266. The number of ether oxygens (including phenoxy) is 1. The van der Waals surface area contributed by atoms with Gasteiger partial charge in [0.05, 0.1) is 0 Å². The molecule has 0 saturated heterocycles. The Balaban J connectivity index is 3.13. The fourth-order valence-corrected chi connectivity index (χ4v) is 0.134. The average Bonchev–Trinajstić information content (AvgIpc) is 1.27. The topological polar surface area (TPSA) is 33.1 Å². The molecule has 42 valence electrons. The lowest BCUT2D eigenvalue weighted by Gasteiger charge is -1.97. The van der Waals surface area contributed by atoms with Gasteiger partial charge in [-0.25, -0.2) is 0 Å². The maximum absolute atomic E-state index is 10.9. The molecule has 0 rings (SSSR count). The van der Waals surface area contributed by atoms with Crippen LogP contribution in [0.25, 0.3) is 0 Å². The number of hydrogen-bond acceptors (Lipinski definition) is 2. The first-order chi connectivity index (χ1) is 3.13. The van der Waals surface area contributed by atoms with Crippen LogP contribution in [0.1, 0.15) is 6.92 Å². The van der Waals surface area contributed by atoms with Gasteiger partial charge in [-0.1, -0.05) is 0 Å². The predicted octanol–water partition coefficient (Wildman–Crippen LogP) is 1.22. The first-order valence-corrected chi connectivity index (χ1v) is 1.63. The molecule has 1 N–H and O–H groups in total. The van der Waals surface area contributed by atoms with Gasteiger partial charge in [0.1, 0.15) is 0 Å². The first kappa shape index (κ1) is 6.33. The smallest absolute Gasteiger partial charge is 0.388 e. The lowest BCUT2D eigenvalue weighted by atomic mass is 10.8. The van der Waals surface area contributed by atoms with Gasteiger partial charge in [0.25, 0.3) is 0 Å². The summed E-state index contributed by atoms with van der Waals surface area (Å²) >= 11 is 0. The number of halogens is 2. The van der Waals surface area contributed by atoms with Crippen molar-refractivity contribution >= 4 is 5.90 Å². The normalized spacial score (nSPS) is 9.14. The van der Waals surface area contributed by atoms with Gasteiger partial charge in [-0.15, -0.1) is 0 Å². The molecule has 7 heavy (non-hydrogen) atoms. The summed E-state index contributed by atoms with van der Waals surface area (Å²) in [6.07, 6.45) is 0. The molecule has 0 amide bonds. The molecular formula is C3H5F2NO. The molecule has 0 aromatic rings. The number of rotatable bonds is 1. The molecular weight excluding hydrogens is 104 g/mol. The van der Waals surface area contributed by atoms with Gasteiger partial charge in [0, 0.05) is 6.92 Å². The van der Waals surface area contributed by atoms with Crippen LogP contribution < -0.4 is 0 Å². The highest BCUT2D eigenvalue weighted by atomic mass is 19.3. The fourth-order valence-electron chi connectivity index (χ4n) is 0.134. The summed E-state index contributed by atoms with van der Waals surface area (Å²) in [5, 5.41) is 6.32. The zero-order valence-corrected chi connectivity index (χ0v) is 3.74. The Hall–Kier alpha value is -0.670. The van der Waals surface area contributed by atoms with Crippen LogP contribution in [0.2, 0.25) is 0 Å². The molecule has 4 heteroatoms. The van der Waals surface area contributed by atoms with Crippen LogP contribution in [0, 0.1) is 5.41 Å². The standard InChI is InChI=1S/C3H5F2NO/c1-2(6)7-3(4)5/h3,6H,1H3. The average molecular weight is 109 g/mol. The third kappa shape index (κ3) is 5.33. The molecule has 0 aromatic heterocycles. The van der Waals surface area contributed by atoms with Crippen molar-refractivity contribution in [3.8, 4) is 0 Å². The molecule has 0 fully saturated rings. The Morgan fingerprint density at radius 1 is 1.71 bits per heavy atom. The van der Waals surface area contributed by atoms with Gasteiger partial charge in [-0.05, 0) is 0 Å². The summed E-state index contributed by atoms with van der Waals surface area (Å²) < 4.78 is 25.3. The van der Waals surface area contributed by atoms with Gasteiger partial charge in [0.15, 0.2) is 5.90 Å². The molecule has 0 heterocycles. The van der Waals surface area contributed by atoms with E-state index in [9.17, 15) is 8.78 Å². The summed E-state index contributed by atoms with van der Waals surface area (Å²) in [6, 6.07) is 0. The van der Waals surface area contributed by atoms with E-state index in [2.05, 4.69) is 4.74 Å². The van der Waals surface area contributed by atoms with Crippen LogP contribution in [0.15, 0.2) is 0 Å². The van der Waals surface area contributed by atoms with Gasteiger partial charge in [0.2, 0.25) is 0 Å². The summed E-state index contributed by atoms with van der Waals surface area (Å²) in [4.78, 5) is 0. The van der Waals surface area contributed by atoms with Crippen molar-refractivity contribution < 1.29 is 13.5 Å². The Morgan fingerprint density at radius 2 is 2.14 bits per heavy atom. The van der Waals surface area contributed by atoms with E-state index in [-0.39, 0.29) is 0 Å². The van der Waals surface area contributed by atoms with Crippen LogP contribution in [0.3, 0.4) is 0 Å². The molecule has 2 nitrogen and oxygen atoms in total. The van der Waals surface area contributed by atoms with E-state index < -0.39 is 12.5 Å². The van der Waals surface area contributed by atoms with Crippen molar-refractivity contribution in [3.05, 3.63) is 0 Å². The lowest BCUT2D eigenvalue weighted by molar-refractivity contribution is -0.0614. The van der Waals surface area contributed by atoms with Gasteiger partial charge in [-0.3, -0.25) is 5.41 Å². The van der Waals surface area contributed by atoms with E-state index in [1.807, 2.05) is 0 Å². The van der Waals surface area contributed by atoms with Gasteiger partial charge in [-0.2, -0.15) is 8.78 Å². The summed E-state index contributed by atoms with van der Waals surface area (Å²) in [7, 11) is 0. The quantitative estimate of drug-likeness (QED) is 0.398. The highest BCUT2D eigenvalue weighted by Crippen LogP contribution is 1.92. The second-order valence-electron chi connectivity index (χ2n) is 0.935. The fraction of sp³-hybridized carbons (Fsp3) is 0.667. The molecule has 0 unspecified atom stereocenters. The molecule has 0 atom stereocenters. The zero-order chi connectivity index (χ0) is 5.86. The van der Waals surface area contributed by atoms with Crippen molar-refractivity contribution in [2.75, 3.05) is 0 Å². The van der Waals surface area contributed by atoms with E-state index in [0.717, 1.165) is 6.92 Å². The van der Waals surface area contributed by atoms with Crippen LogP contribution in [-0.4, -0.2) is 12.5 Å². The zero-order valence-electron chi connectivity index (χ0n) is 3.74. The van der Waals surface area contributed by atoms with Crippen molar-refractivity contribution in [2.45, 2.75) is 13.5 Å². The Bertz CT molecular complexity index is 73.3.